The van der Waals surface area contributed by atoms with Crippen molar-refractivity contribution in [3.05, 3.63) is 29.8 Å². The van der Waals surface area contributed by atoms with Gasteiger partial charge in [0.25, 0.3) is 15.9 Å². The van der Waals surface area contributed by atoms with E-state index in [4.69, 9.17) is 4.74 Å². The fourth-order valence-electron chi connectivity index (χ4n) is 2.86. The molecule has 130 valence electrons. The van der Waals surface area contributed by atoms with Gasteiger partial charge in [-0.3, -0.25) is 9.59 Å². The third-order valence-electron chi connectivity index (χ3n) is 4.20. The van der Waals surface area contributed by atoms with Crippen molar-refractivity contribution >= 4 is 21.8 Å². The first-order valence-electron chi connectivity index (χ1n) is 7.84. The van der Waals surface area contributed by atoms with E-state index in [1.54, 1.807) is 12.1 Å². The molecular formula is C15H20N3O5S+. The molecule has 9 heteroatoms. The second kappa shape index (κ2) is 6.88. The molecule has 2 heterocycles. The van der Waals surface area contributed by atoms with Gasteiger partial charge in [0.15, 0.2) is 0 Å². The van der Waals surface area contributed by atoms with Gasteiger partial charge in [-0.2, -0.15) is 0 Å². The molecule has 1 aromatic rings. The van der Waals surface area contributed by atoms with Crippen LogP contribution in [0.2, 0.25) is 0 Å². The molecule has 0 unspecified atom stereocenters. The smallest absolute Gasteiger partial charge is 0.269 e. The van der Waals surface area contributed by atoms with Crippen LogP contribution in [0.4, 0.5) is 0 Å². The summed E-state index contributed by atoms with van der Waals surface area (Å²) in [6, 6.07) is 5.98. The summed E-state index contributed by atoms with van der Waals surface area (Å²) in [5.74, 6) is -1.13. The van der Waals surface area contributed by atoms with Crippen molar-refractivity contribution in [1.82, 2.24) is 9.62 Å². The van der Waals surface area contributed by atoms with Crippen LogP contribution < -0.4 is 10.2 Å². The summed E-state index contributed by atoms with van der Waals surface area (Å²) in [7, 11) is -3.93. The van der Waals surface area contributed by atoms with Crippen molar-refractivity contribution < 1.29 is 27.6 Å². The monoisotopic (exact) mass is 354 g/mol. The molecule has 0 bridgehead atoms. The molecule has 3 rings (SSSR count). The van der Waals surface area contributed by atoms with Gasteiger partial charge in [0.1, 0.15) is 24.5 Å². The first-order valence-corrected chi connectivity index (χ1v) is 9.28. The normalized spacial score (nSPS) is 20.0. The van der Waals surface area contributed by atoms with Gasteiger partial charge in [0, 0.05) is 0 Å². The van der Waals surface area contributed by atoms with Crippen molar-refractivity contribution in [3.8, 4) is 0 Å². The lowest BCUT2D eigenvalue weighted by atomic mass is 10.2. The molecule has 0 atom stereocenters. The number of nitrogens with one attached hydrogen (secondary N) is 2. The molecular weight excluding hydrogens is 334 g/mol. The number of fused-ring (bicyclic) bond motifs is 1. The highest BCUT2D eigenvalue weighted by Crippen LogP contribution is 2.29. The summed E-state index contributed by atoms with van der Waals surface area (Å²) in [4.78, 5) is 25.5. The molecule has 2 N–H and O–H groups in total. The fraction of sp³-hybridized carbons (Fsp3) is 0.467. The van der Waals surface area contributed by atoms with E-state index in [9.17, 15) is 18.0 Å². The molecule has 2 aliphatic heterocycles. The van der Waals surface area contributed by atoms with Crippen molar-refractivity contribution in [2.75, 3.05) is 45.9 Å². The average molecular weight is 354 g/mol. The highest BCUT2D eigenvalue weighted by atomic mass is 32.2. The summed E-state index contributed by atoms with van der Waals surface area (Å²) in [6.07, 6.45) is 0. The SMILES string of the molecule is O=C(CN1C(=O)c2ccccc2S1(=O)=O)NCC[NH+]1CCOCC1. The van der Waals surface area contributed by atoms with Crippen LogP contribution >= 0.6 is 0 Å². The van der Waals surface area contributed by atoms with Crippen LogP contribution in [0.25, 0.3) is 0 Å². The third kappa shape index (κ3) is 3.28. The summed E-state index contributed by atoms with van der Waals surface area (Å²) in [6.45, 7) is 3.89. The molecule has 1 fully saturated rings. The second-order valence-electron chi connectivity index (χ2n) is 5.78. The first kappa shape index (κ1) is 16.9. The number of sulfonamides is 1. The maximum absolute atomic E-state index is 12.4. The Bertz CT molecular complexity index is 743. The molecule has 24 heavy (non-hydrogen) atoms. The molecule has 1 aromatic carbocycles. The highest BCUT2D eigenvalue weighted by Gasteiger charge is 2.41. The van der Waals surface area contributed by atoms with Crippen molar-refractivity contribution in [2.45, 2.75) is 4.90 Å². The Morgan fingerprint density at radius 2 is 1.96 bits per heavy atom. The number of carbonyl (C=O) groups is 2. The minimum atomic E-state index is -3.93. The molecule has 8 nitrogen and oxygen atoms in total. The first-order chi connectivity index (χ1) is 11.5. The van der Waals surface area contributed by atoms with E-state index in [0.717, 1.165) is 19.6 Å². The Hall–Kier alpha value is -1.97. The largest absolute Gasteiger partial charge is 0.370 e. The van der Waals surface area contributed by atoms with Crippen LogP contribution in [0.3, 0.4) is 0 Å². The van der Waals surface area contributed by atoms with Gasteiger partial charge in [-0.15, -0.1) is 0 Å². The predicted octanol–water partition coefficient (Wildman–Crippen LogP) is -2.14. The summed E-state index contributed by atoms with van der Waals surface area (Å²) in [5, 5.41) is 2.68. The fourth-order valence-corrected chi connectivity index (χ4v) is 4.39. The van der Waals surface area contributed by atoms with E-state index in [-0.39, 0.29) is 10.5 Å². The standard InChI is InChI=1S/C15H19N3O5S/c19-14(16-5-6-17-7-9-23-10-8-17)11-18-15(20)12-3-1-2-4-13(12)24(18,21)22/h1-4H,5-11H2,(H,16,19)/p+1. The zero-order valence-corrected chi connectivity index (χ0v) is 14.0. The molecule has 0 spiro atoms. The second-order valence-corrected chi connectivity index (χ2v) is 7.61. The lowest BCUT2D eigenvalue weighted by Gasteiger charge is -2.23. The quantitative estimate of drug-likeness (QED) is 0.629. The Kier molecular flexibility index (Phi) is 4.83. The zero-order chi connectivity index (χ0) is 17.2. The molecule has 0 saturated carbocycles. The van der Waals surface area contributed by atoms with Crippen LogP contribution in [0.1, 0.15) is 10.4 Å². The number of amides is 2. The highest BCUT2D eigenvalue weighted by molar-refractivity contribution is 7.90. The van der Waals surface area contributed by atoms with E-state index in [1.165, 1.54) is 17.0 Å². The topological polar surface area (TPSA) is 97.2 Å². The maximum Gasteiger partial charge on any atom is 0.269 e. The Labute approximate surface area is 140 Å². The minimum absolute atomic E-state index is 0.0411. The summed E-state index contributed by atoms with van der Waals surface area (Å²) < 4.78 is 30.6. The molecule has 2 aliphatic rings. The number of quaternary nitrogens is 1. The van der Waals surface area contributed by atoms with E-state index in [1.807, 2.05) is 0 Å². The third-order valence-corrected chi connectivity index (χ3v) is 5.99. The van der Waals surface area contributed by atoms with Gasteiger partial charge in [0.2, 0.25) is 5.91 Å². The number of rotatable bonds is 5. The van der Waals surface area contributed by atoms with Crippen LogP contribution in [0, 0.1) is 0 Å². The number of hydrogen-bond donors (Lipinski definition) is 2. The van der Waals surface area contributed by atoms with Gasteiger partial charge >= 0.3 is 0 Å². The summed E-state index contributed by atoms with van der Waals surface area (Å²) in [5.41, 5.74) is 0.114. The van der Waals surface area contributed by atoms with Gasteiger partial charge < -0.3 is 15.0 Å². The minimum Gasteiger partial charge on any atom is -0.370 e. The van der Waals surface area contributed by atoms with Crippen LogP contribution in [-0.2, 0) is 19.6 Å². The van der Waals surface area contributed by atoms with E-state index < -0.39 is 28.4 Å². The predicted molar refractivity (Wildman–Crippen MR) is 84.1 cm³/mol. The number of nitrogens with zero attached hydrogens (tertiary/aromatic N) is 1. The zero-order valence-electron chi connectivity index (χ0n) is 13.2. The van der Waals surface area contributed by atoms with Gasteiger partial charge in [0.05, 0.1) is 31.9 Å². The van der Waals surface area contributed by atoms with Gasteiger partial charge in [-0.25, -0.2) is 12.7 Å². The Balaban J connectivity index is 1.56. The average Bonchev–Trinajstić information content (AvgIpc) is 2.77. The molecule has 1 saturated heterocycles. The summed E-state index contributed by atoms with van der Waals surface area (Å²) >= 11 is 0. The number of hydrogen-bond acceptors (Lipinski definition) is 5. The van der Waals surface area contributed by atoms with E-state index in [0.29, 0.717) is 24.1 Å². The maximum atomic E-state index is 12.4. The molecule has 0 aromatic heterocycles. The van der Waals surface area contributed by atoms with E-state index >= 15 is 0 Å². The number of morpholine rings is 1. The lowest BCUT2D eigenvalue weighted by Crippen LogP contribution is -3.14. The van der Waals surface area contributed by atoms with Crippen LogP contribution in [0.5, 0.6) is 0 Å². The number of carbonyl (C=O) groups excluding carboxylic acids is 2. The Morgan fingerprint density at radius 1 is 1.25 bits per heavy atom. The van der Waals surface area contributed by atoms with Crippen molar-refractivity contribution in [3.63, 3.8) is 0 Å². The van der Waals surface area contributed by atoms with E-state index in [2.05, 4.69) is 5.32 Å². The molecule has 0 radical (unpaired) electrons. The molecule has 2 amide bonds. The van der Waals surface area contributed by atoms with Crippen molar-refractivity contribution in [1.29, 1.82) is 0 Å². The van der Waals surface area contributed by atoms with Crippen molar-refractivity contribution in [2.24, 2.45) is 0 Å². The number of ether oxygens (including phenoxy) is 1. The molecule has 0 aliphatic carbocycles. The van der Waals surface area contributed by atoms with Crippen LogP contribution in [0.15, 0.2) is 29.2 Å². The van der Waals surface area contributed by atoms with Crippen LogP contribution in [-0.4, -0.2) is 70.5 Å². The number of benzene rings is 1. The van der Waals surface area contributed by atoms with Gasteiger partial charge in [-0.05, 0) is 12.1 Å². The van der Waals surface area contributed by atoms with Gasteiger partial charge in [-0.1, -0.05) is 12.1 Å². The Morgan fingerprint density at radius 3 is 2.67 bits per heavy atom. The lowest BCUT2D eigenvalue weighted by molar-refractivity contribution is -0.906.